The number of carbonyl (C=O) groups is 4. The summed E-state index contributed by atoms with van der Waals surface area (Å²) in [6.07, 6.45) is 5.68. The number of nitrogens with zero attached hydrogens (tertiary/aromatic N) is 1. The molecule has 1 saturated heterocycles. The van der Waals surface area contributed by atoms with Gasteiger partial charge in [-0.3, -0.25) is 14.4 Å². The number of benzene rings is 2. The molecule has 0 bridgehead atoms. The summed E-state index contributed by atoms with van der Waals surface area (Å²) in [5.74, 6) is -1.04. The summed E-state index contributed by atoms with van der Waals surface area (Å²) in [7, 11) is 0. The number of anilines is 1. The standard InChI is InChI=1S/C33H42N4O8/c38-30(32(40)34-25-11-12-28-29(20-25)45-18-17-44-28)27(22-43-21-24-9-5-2-6-10-24)35-31(39)26(19-23-7-3-1-4-8-23)36-33(41)37-13-15-42-16-14-37/h2,5-6,9-12,20,23,26-27H,1,3-4,7-8,13-19,21-22H2,(H,34,40)(H,35,39)(H,36,41). The van der Waals surface area contributed by atoms with Crippen LogP contribution in [0.3, 0.4) is 0 Å². The SMILES string of the molecule is O=C(Nc1ccc2c(c1)OCCO2)C(=O)C(COCc1ccccc1)NC(=O)C(CC1CCCCC1)NC(=O)N1CCOCC1. The van der Waals surface area contributed by atoms with Gasteiger partial charge in [-0.2, -0.15) is 0 Å². The lowest BCUT2D eigenvalue weighted by atomic mass is 9.84. The van der Waals surface area contributed by atoms with Crippen molar-refractivity contribution < 1.29 is 38.1 Å². The van der Waals surface area contributed by atoms with Crippen LogP contribution in [0.4, 0.5) is 10.5 Å². The summed E-state index contributed by atoms with van der Waals surface area (Å²) < 4.78 is 22.3. The molecule has 45 heavy (non-hydrogen) atoms. The highest BCUT2D eigenvalue weighted by Crippen LogP contribution is 2.32. The van der Waals surface area contributed by atoms with Gasteiger partial charge in [0.15, 0.2) is 11.5 Å². The average molecular weight is 623 g/mol. The van der Waals surface area contributed by atoms with Crippen LogP contribution in [0.1, 0.15) is 44.1 Å². The van der Waals surface area contributed by atoms with E-state index in [9.17, 15) is 19.2 Å². The Morgan fingerprint density at radius 2 is 1.58 bits per heavy atom. The van der Waals surface area contributed by atoms with Gasteiger partial charge in [0.2, 0.25) is 11.7 Å². The topological polar surface area (TPSA) is 145 Å². The molecule has 2 unspecified atom stereocenters. The lowest BCUT2D eigenvalue weighted by molar-refractivity contribution is -0.139. The summed E-state index contributed by atoms with van der Waals surface area (Å²) in [6, 6.07) is 11.7. The van der Waals surface area contributed by atoms with Crippen molar-refractivity contribution in [3.8, 4) is 11.5 Å². The van der Waals surface area contributed by atoms with Crippen molar-refractivity contribution in [3.05, 3.63) is 54.1 Å². The predicted molar refractivity (Wildman–Crippen MR) is 165 cm³/mol. The van der Waals surface area contributed by atoms with Crippen molar-refractivity contribution in [2.75, 3.05) is 51.4 Å². The van der Waals surface area contributed by atoms with Crippen molar-refractivity contribution in [2.24, 2.45) is 5.92 Å². The number of nitrogens with one attached hydrogen (secondary N) is 3. The van der Waals surface area contributed by atoms with Crippen LogP contribution in [0, 0.1) is 5.92 Å². The second kappa shape index (κ2) is 16.2. The first-order chi connectivity index (χ1) is 22.0. The smallest absolute Gasteiger partial charge is 0.318 e. The third-order valence-electron chi connectivity index (χ3n) is 8.26. The van der Waals surface area contributed by atoms with Gasteiger partial charge in [0.1, 0.15) is 25.3 Å². The van der Waals surface area contributed by atoms with E-state index in [2.05, 4.69) is 16.0 Å². The van der Waals surface area contributed by atoms with Gasteiger partial charge >= 0.3 is 6.03 Å². The van der Waals surface area contributed by atoms with E-state index in [4.69, 9.17) is 18.9 Å². The minimum atomic E-state index is -1.28. The molecule has 2 atom stereocenters. The quantitative estimate of drug-likeness (QED) is 0.307. The average Bonchev–Trinajstić information content (AvgIpc) is 3.08. The number of hydrogen-bond donors (Lipinski definition) is 3. The molecule has 2 aromatic carbocycles. The molecular formula is C33H42N4O8. The van der Waals surface area contributed by atoms with Gasteiger partial charge in [0.25, 0.3) is 5.91 Å². The van der Waals surface area contributed by atoms with E-state index in [1.807, 2.05) is 30.3 Å². The van der Waals surface area contributed by atoms with Crippen LogP contribution in [-0.4, -0.2) is 86.7 Å². The maximum atomic E-state index is 13.8. The predicted octanol–water partition coefficient (Wildman–Crippen LogP) is 3.05. The number of urea groups is 1. The number of hydrogen-bond acceptors (Lipinski definition) is 8. The molecule has 0 spiro atoms. The van der Waals surface area contributed by atoms with E-state index >= 15 is 0 Å². The number of rotatable bonds is 12. The zero-order valence-electron chi connectivity index (χ0n) is 25.5. The lowest BCUT2D eigenvalue weighted by Crippen LogP contribution is -2.57. The maximum Gasteiger partial charge on any atom is 0.318 e. The van der Waals surface area contributed by atoms with Gasteiger partial charge < -0.3 is 39.8 Å². The number of amides is 4. The zero-order valence-corrected chi connectivity index (χ0v) is 25.5. The first-order valence-corrected chi connectivity index (χ1v) is 15.8. The molecule has 1 saturated carbocycles. The van der Waals surface area contributed by atoms with E-state index in [-0.39, 0.29) is 25.2 Å². The highest BCUT2D eigenvalue weighted by atomic mass is 16.6. The Hall–Kier alpha value is -4.16. The Morgan fingerprint density at radius 1 is 0.844 bits per heavy atom. The van der Waals surface area contributed by atoms with Crippen LogP contribution in [0.25, 0.3) is 0 Å². The minimum Gasteiger partial charge on any atom is -0.486 e. The van der Waals surface area contributed by atoms with E-state index < -0.39 is 29.7 Å². The van der Waals surface area contributed by atoms with E-state index in [0.717, 1.165) is 37.7 Å². The molecule has 2 aliphatic heterocycles. The van der Waals surface area contributed by atoms with Crippen molar-refractivity contribution in [1.29, 1.82) is 0 Å². The fraction of sp³-hybridized carbons (Fsp3) is 0.515. The van der Waals surface area contributed by atoms with Crippen molar-refractivity contribution >= 4 is 29.3 Å². The summed E-state index contributed by atoms with van der Waals surface area (Å²) in [5.41, 5.74) is 1.23. The van der Waals surface area contributed by atoms with Gasteiger partial charge in [-0.1, -0.05) is 62.4 Å². The van der Waals surface area contributed by atoms with Crippen LogP contribution < -0.4 is 25.4 Å². The van der Waals surface area contributed by atoms with E-state index in [1.165, 1.54) is 0 Å². The van der Waals surface area contributed by atoms with Crippen LogP contribution in [0.2, 0.25) is 0 Å². The molecular weight excluding hydrogens is 580 g/mol. The molecule has 1 aliphatic carbocycles. The van der Waals surface area contributed by atoms with Crippen molar-refractivity contribution in [1.82, 2.24) is 15.5 Å². The molecule has 2 heterocycles. The van der Waals surface area contributed by atoms with Crippen LogP contribution in [0.5, 0.6) is 11.5 Å². The molecule has 3 aliphatic rings. The number of ketones is 1. The van der Waals surface area contributed by atoms with E-state index in [0.29, 0.717) is 63.1 Å². The highest BCUT2D eigenvalue weighted by molar-refractivity contribution is 6.42. The summed E-state index contributed by atoms with van der Waals surface area (Å²) >= 11 is 0. The maximum absolute atomic E-state index is 13.8. The normalized spacial score (nSPS) is 17.9. The third kappa shape index (κ3) is 9.41. The Morgan fingerprint density at radius 3 is 2.33 bits per heavy atom. The number of ether oxygens (including phenoxy) is 4. The van der Waals surface area contributed by atoms with Gasteiger partial charge in [0.05, 0.1) is 26.4 Å². The first-order valence-electron chi connectivity index (χ1n) is 15.8. The summed E-state index contributed by atoms with van der Waals surface area (Å²) in [5, 5.41) is 8.24. The van der Waals surface area contributed by atoms with Crippen LogP contribution >= 0.6 is 0 Å². The fourth-order valence-electron chi connectivity index (χ4n) is 5.79. The molecule has 12 heteroatoms. The molecule has 4 amide bonds. The molecule has 12 nitrogen and oxygen atoms in total. The van der Waals surface area contributed by atoms with Gasteiger partial charge in [-0.25, -0.2) is 4.79 Å². The Balaban J connectivity index is 1.28. The summed E-state index contributed by atoms with van der Waals surface area (Å²) in [6.45, 7) is 2.47. The number of carbonyl (C=O) groups excluding carboxylic acids is 4. The van der Waals surface area contributed by atoms with Gasteiger partial charge in [-0.05, 0) is 30.0 Å². The van der Waals surface area contributed by atoms with Gasteiger partial charge in [-0.15, -0.1) is 0 Å². The van der Waals surface area contributed by atoms with Gasteiger partial charge in [0, 0.05) is 24.8 Å². The molecule has 242 valence electrons. The number of fused-ring (bicyclic) bond motifs is 1. The Kier molecular flexibility index (Phi) is 11.6. The van der Waals surface area contributed by atoms with Crippen LogP contribution in [0.15, 0.2) is 48.5 Å². The molecule has 2 aromatic rings. The second-order valence-electron chi connectivity index (χ2n) is 11.6. The largest absolute Gasteiger partial charge is 0.486 e. The lowest BCUT2D eigenvalue weighted by Gasteiger charge is -2.31. The number of morpholine rings is 1. The molecule has 2 fully saturated rings. The minimum absolute atomic E-state index is 0.184. The number of Topliss-reactive ketones (excluding diaryl/α,β-unsaturated/α-hetero) is 1. The fourth-order valence-corrected chi connectivity index (χ4v) is 5.79. The zero-order chi connectivity index (χ0) is 31.4. The molecule has 3 N–H and O–H groups in total. The third-order valence-corrected chi connectivity index (χ3v) is 8.26. The monoisotopic (exact) mass is 622 g/mol. The van der Waals surface area contributed by atoms with Crippen LogP contribution in [-0.2, 0) is 30.5 Å². The first kappa shape index (κ1) is 32.2. The second-order valence-corrected chi connectivity index (χ2v) is 11.6. The Labute approximate surface area is 263 Å². The summed E-state index contributed by atoms with van der Waals surface area (Å²) in [4.78, 5) is 55.2. The van der Waals surface area contributed by atoms with Crippen molar-refractivity contribution in [3.63, 3.8) is 0 Å². The molecule has 5 rings (SSSR count). The Bertz CT molecular complexity index is 1310. The molecule has 0 aromatic heterocycles. The molecule has 0 radical (unpaired) electrons. The van der Waals surface area contributed by atoms with E-state index in [1.54, 1.807) is 23.1 Å². The van der Waals surface area contributed by atoms with Crippen molar-refractivity contribution in [2.45, 2.75) is 57.2 Å². The highest BCUT2D eigenvalue weighted by Gasteiger charge is 2.33.